The van der Waals surface area contributed by atoms with Gasteiger partial charge in [0.25, 0.3) is 10.1 Å². The number of aliphatic imine (C=N–C) groups is 1. The molecule has 1 aliphatic heterocycles. The largest absolute Gasteiger partial charge is 0.285 e. The molecule has 0 spiro atoms. The van der Waals surface area contributed by atoms with Crippen molar-refractivity contribution in [1.29, 1.82) is 0 Å². The molecule has 0 aliphatic carbocycles. The highest BCUT2D eigenvalue weighted by molar-refractivity contribution is 7.85. The highest BCUT2D eigenvalue weighted by atomic mass is 35.5. The Bertz CT molecular complexity index is 393. The van der Waals surface area contributed by atoms with Crippen LogP contribution in [-0.4, -0.2) is 35.7 Å². The molecule has 0 atom stereocenters. The Morgan fingerprint density at radius 3 is 2.73 bits per heavy atom. The maximum absolute atomic E-state index is 10.4. The van der Waals surface area contributed by atoms with Gasteiger partial charge in [-0.05, 0) is 4.64 Å². The first-order valence-electron chi connectivity index (χ1n) is 3.73. The number of hydrazine groups is 2. The van der Waals surface area contributed by atoms with Crippen molar-refractivity contribution in [2.45, 2.75) is 0 Å². The van der Waals surface area contributed by atoms with E-state index in [1.807, 2.05) is 0 Å². The summed E-state index contributed by atoms with van der Waals surface area (Å²) in [6.07, 6.45) is 1.42. The van der Waals surface area contributed by atoms with Crippen LogP contribution < -0.4 is 10.9 Å². The first-order valence-corrected chi connectivity index (χ1v) is 6.05. The topological polar surface area (TPSA) is 94.0 Å². The van der Waals surface area contributed by atoms with Crippen LogP contribution in [0.2, 0.25) is 0 Å². The van der Waals surface area contributed by atoms with Gasteiger partial charge in [0.15, 0.2) is 0 Å². The van der Waals surface area contributed by atoms with E-state index in [0.717, 1.165) is 4.64 Å². The SMILES string of the molecule is O=S(=O)(O)CCN=C1C=C(Cl)NN(Cl)N1. The van der Waals surface area contributed by atoms with E-state index in [1.165, 1.54) is 6.08 Å². The molecule has 0 aromatic heterocycles. The highest BCUT2D eigenvalue weighted by Crippen LogP contribution is 2.04. The summed E-state index contributed by atoms with van der Waals surface area (Å²) < 4.78 is 30.1. The van der Waals surface area contributed by atoms with Crippen molar-refractivity contribution < 1.29 is 13.0 Å². The van der Waals surface area contributed by atoms with Crippen LogP contribution in [0, 0.1) is 0 Å². The van der Waals surface area contributed by atoms with Gasteiger partial charge in [0.05, 0.1) is 12.3 Å². The average Bonchev–Trinajstić information content (AvgIpc) is 1.99. The van der Waals surface area contributed by atoms with Crippen LogP contribution in [0.5, 0.6) is 0 Å². The molecule has 3 N–H and O–H groups in total. The van der Waals surface area contributed by atoms with E-state index >= 15 is 0 Å². The first kappa shape index (κ1) is 12.5. The Morgan fingerprint density at radius 1 is 1.53 bits per heavy atom. The zero-order chi connectivity index (χ0) is 11.5. The number of amidine groups is 1. The number of nitrogens with one attached hydrogen (secondary N) is 2. The van der Waals surface area contributed by atoms with Crippen molar-refractivity contribution in [2.75, 3.05) is 12.3 Å². The van der Waals surface area contributed by atoms with E-state index in [2.05, 4.69) is 15.8 Å². The maximum atomic E-state index is 10.4. The molecule has 1 rings (SSSR count). The van der Waals surface area contributed by atoms with Crippen LogP contribution in [0.1, 0.15) is 0 Å². The van der Waals surface area contributed by atoms with Gasteiger partial charge in [0.1, 0.15) is 11.0 Å². The fraction of sp³-hybridized carbons (Fsp3) is 0.400. The molecule has 0 saturated heterocycles. The molecule has 10 heteroatoms. The van der Waals surface area contributed by atoms with Gasteiger partial charge in [0, 0.05) is 17.9 Å². The average molecular weight is 275 g/mol. The number of rotatable bonds is 3. The predicted octanol–water partition coefficient (Wildman–Crippen LogP) is -0.168. The quantitative estimate of drug-likeness (QED) is 0.376. The molecule has 0 saturated carbocycles. The normalized spacial score (nSPS) is 20.7. The third-order valence-electron chi connectivity index (χ3n) is 1.31. The van der Waals surface area contributed by atoms with E-state index in [0.29, 0.717) is 0 Å². The van der Waals surface area contributed by atoms with Crippen LogP contribution in [0.25, 0.3) is 0 Å². The molecule has 86 valence electrons. The van der Waals surface area contributed by atoms with Crippen molar-refractivity contribution in [1.82, 2.24) is 15.5 Å². The number of hydrogen-bond acceptors (Lipinski definition) is 5. The summed E-state index contributed by atoms with van der Waals surface area (Å²) in [7, 11) is -4.00. The molecule has 0 unspecified atom stereocenters. The molecule has 1 heterocycles. The molecule has 0 amide bonds. The molecular weight excluding hydrogens is 267 g/mol. The molecule has 0 fully saturated rings. The van der Waals surface area contributed by atoms with Crippen LogP contribution in [-0.2, 0) is 10.1 Å². The van der Waals surface area contributed by atoms with Crippen molar-refractivity contribution in [3.8, 4) is 0 Å². The van der Waals surface area contributed by atoms with Crippen molar-refractivity contribution in [3.63, 3.8) is 0 Å². The van der Waals surface area contributed by atoms with Crippen molar-refractivity contribution in [2.24, 2.45) is 4.99 Å². The fourth-order valence-corrected chi connectivity index (χ4v) is 1.50. The fourth-order valence-electron chi connectivity index (χ4n) is 0.769. The van der Waals surface area contributed by atoms with E-state index in [-0.39, 0.29) is 17.5 Å². The lowest BCUT2D eigenvalue weighted by molar-refractivity contribution is 0.337. The van der Waals surface area contributed by atoms with Gasteiger partial charge >= 0.3 is 0 Å². The van der Waals surface area contributed by atoms with Gasteiger partial charge in [-0.25, -0.2) is 0 Å². The summed E-state index contributed by atoms with van der Waals surface area (Å²) in [5.74, 6) is -0.170. The van der Waals surface area contributed by atoms with Crippen LogP contribution in [0.15, 0.2) is 16.2 Å². The predicted molar refractivity (Wildman–Crippen MR) is 56.6 cm³/mol. The second-order valence-electron chi connectivity index (χ2n) is 2.55. The molecule has 0 aromatic carbocycles. The zero-order valence-electron chi connectivity index (χ0n) is 7.31. The van der Waals surface area contributed by atoms with Crippen molar-refractivity contribution >= 4 is 39.3 Å². The molecule has 1 aliphatic rings. The van der Waals surface area contributed by atoms with Gasteiger partial charge in [-0.15, -0.1) is 0 Å². The second-order valence-corrected chi connectivity index (χ2v) is 4.87. The Morgan fingerprint density at radius 2 is 2.20 bits per heavy atom. The van der Waals surface area contributed by atoms with E-state index < -0.39 is 15.9 Å². The summed E-state index contributed by atoms with van der Waals surface area (Å²) in [5, 5.41) is 0.231. The molecular formula is C5H8Cl2N4O3S. The molecule has 0 radical (unpaired) electrons. The summed E-state index contributed by atoms with van der Waals surface area (Å²) in [6, 6.07) is 0. The zero-order valence-corrected chi connectivity index (χ0v) is 9.64. The van der Waals surface area contributed by atoms with Crippen LogP contribution in [0.4, 0.5) is 0 Å². The third kappa shape index (κ3) is 5.19. The lowest BCUT2D eigenvalue weighted by Crippen LogP contribution is -2.46. The van der Waals surface area contributed by atoms with Gasteiger partial charge in [0.2, 0.25) is 0 Å². The monoisotopic (exact) mass is 274 g/mol. The summed E-state index contributed by atoms with van der Waals surface area (Å²) in [5.41, 5.74) is 5.01. The van der Waals surface area contributed by atoms with E-state index in [1.54, 1.807) is 0 Å². The van der Waals surface area contributed by atoms with Gasteiger partial charge in [-0.1, -0.05) is 11.6 Å². The standard InChI is InChI=1S/C5H8Cl2N4O3S/c6-4-3-5(10-11(7)9-4)8-1-2-15(12,13)14/h3,9H,1-2H2,(H,8,10)(H,12,13,14). The first-order chi connectivity index (χ1) is 6.87. The minimum atomic E-state index is -4.00. The molecule has 0 bridgehead atoms. The summed E-state index contributed by atoms with van der Waals surface area (Å²) in [6.45, 7) is -0.0907. The molecule has 15 heavy (non-hydrogen) atoms. The summed E-state index contributed by atoms with van der Waals surface area (Å²) in [4.78, 5) is 3.81. The van der Waals surface area contributed by atoms with Gasteiger partial charge in [-0.2, -0.15) is 8.42 Å². The molecule has 0 aromatic rings. The van der Waals surface area contributed by atoms with Crippen LogP contribution in [0.3, 0.4) is 0 Å². The van der Waals surface area contributed by atoms with Crippen LogP contribution >= 0.6 is 23.4 Å². The minimum Gasteiger partial charge on any atom is -0.285 e. The van der Waals surface area contributed by atoms with Crippen molar-refractivity contribution in [3.05, 3.63) is 11.2 Å². The second kappa shape index (κ2) is 4.99. The highest BCUT2D eigenvalue weighted by Gasteiger charge is 2.11. The number of halogens is 2. The molecule has 7 nitrogen and oxygen atoms in total. The number of hydrogen-bond donors (Lipinski definition) is 3. The van der Waals surface area contributed by atoms with E-state index in [4.69, 9.17) is 27.9 Å². The Kier molecular flexibility index (Phi) is 4.17. The van der Waals surface area contributed by atoms with Gasteiger partial charge in [-0.3, -0.25) is 20.4 Å². The lowest BCUT2D eigenvalue weighted by atomic mass is 10.5. The Hall–Kier alpha value is -0.540. The number of nitrogens with zero attached hydrogens (tertiary/aromatic N) is 2. The smallest absolute Gasteiger partial charge is 0.266 e. The lowest BCUT2D eigenvalue weighted by Gasteiger charge is -2.21. The third-order valence-corrected chi connectivity index (χ3v) is 2.37. The minimum absolute atomic E-state index is 0.0907. The Labute approximate surface area is 96.5 Å². The summed E-state index contributed by atoms with van der Waals surface area (Å²) >= 11 is 11.1. The Balaban J connectivity index is 2.57. The van der Waals surface area contributed by atoms with E-state index in [9.17, 15) is 8.42 Å². The maximum Gasteiger partial charge on any atom is 0.266 e. The van der Waals surface area contributed by atoms with Gasteiger partial charge < -0.3 is 0 Å².